The second kappa shape index (κ2) is 6.89. The van der Waals surface area contributed by atoms with E-state index in [1.807, 2.05) is 30.3 Å². The van der Waals surface area contributed by atoms with Crippen molar-refractivity contribution < 1.29 is 4.74 Å². The Morgan fingerprint density at radius 2 is 2.05 bits per heavy atom. The minimum Gasteiger partial charge on any atom is -0.490 e. The van der Waals surface area contributed by atoms with Crippen LogP contribution in [0.15, 0.2) is 54.9 Å². The van der Waals surface area contributed by atoms with Gasteiger partial charge in [0, 0.05) is 29.5 Å². The predicted octanol–water partition coefficient (Wildman–Crippen LogP) is 3.68. The van der Waals surface area contributed by atoms with Gasteiger partial charge in [-0.2, -0.15) is 0 Å². The van der Waals surface area contributed by atoms with Gasteiger partial charge in [0.1, 0.15) is 12.4 Å². The predicted molar refractivity (Wildman–Crippen MR) is 89.3 cm³/mol. The van der Waals surface area contributed by atoms with Crippen LogP contribution >= 0.6 is 0 Å². The summed E-state index contributed by atoms with van der Waals surface area (Å²) >= 11 is 0. The Hall–Kier alpha value is -2.62. The van der Waals surface area contributed by atoms with E-state index in [9.17, 15) is 0 Å². The second-order valence-corrected chi connectivity index (χ2v) is 5.00. The van der Waals surface area contributed by atoms with Crippen molar-refractivity contribution in [2.45, 2.75) is 13.3 Å². The van der Waals surface area contributed by atoms with Gasteiger partial charge in [0.2, 0.25) is 0 Å². The van der Waals surface area contributed by atoms with Crippen molar-refractivity contribution in [3.8, 4) is 5.75 Å². The smallest absolute Gasteiger partial charge is 0.137 e. The first kappa shape index (κ1) is 14.3. The topological polar surface area (TPSA) is 47.0 Å². The highest BCUT2D eigenvalue weighted by molar-refractivity contribution is 5.91. The van der Waals surface area contributed by atoms with Gasteiger partial charge in [-0.15, -0.1) is 0 Å². The van der Waals surface area contributed by atoms with Crippen LogP contribution in [0.4, 0.5) is 5.69 Å². The fourth-order valence-corrected chi connectivity index (χ4v) is 2.34. The molecule has 0 saturated carbocycles. The molecule has 0 fully saturated rings. The molecule has 22 heavy (non-hydrogen) atoms. The zero-order chi connectivity index (χ0) is 15.2. The van der Waals surface area contributed by atoms with Crippen LogP contribution in [0.1, 0.15) is 12.6 Å². The number of benzene rings is 1. The zero-order valence-corrected chi connectivity index (χ0v) is 12.6. The maximum absolute atomic E-state index is 5.66. The molecule has 0 aliphatic carbocycles. The average molecular weight is 293 g/mol. The standard InChI is InChI=1S/C18H19N3O/c1-2-14-12-18(16-7-3-4-8-17(16)21-14)20-10-11-22-15-6-5-9-19-13-15/h3-9,12-13H,2,10-11H2,1H3,(H,20,21). The fourth-order valence-electron chi connectivity index (χ4n) is 2.34. The summed E-state index contributed by atoms with van der Waals surface area (Å²) in [6.45, 7) is 3.43. The van der Waals surface area contributed by atoms with Crippen LogP contribution in [-0.4, -0.2) is 23.1 Å². The molecule has 0 radical (unpaired) electrons. The quantitative estimate of drug-likeness (QED) is 0.704. The van der Waals surface area contributed by atoms with E-state index in [0.717, 1.165) is 41.0 Å². The van der Waals surface area contributed by atoms with E-state index in [4.69, 9.17) is 4.74 Å². The number of para-hydroxylation sites is 1. The van der Waals surface area contributed by atoms with Gasteiger partial charge in [-0.25, -0.2) is 0 Å². The number of hydrogen-bond donors (Lipinski definition) is 1. The molecule has 0 aliphatic heterocycles. The lowest BCUT2D eigenvalue weighted by Gasteiger charge is -2.12. The van der Waals surface area contributed by atoms with Crippen LogP contribution in [-0.2, 0) is 6.42 Å². The van der Waals surface area contributed by atoms with Gasteiger partial charge in [-0.1, -0.05) is 25.1 Å². The van der Waals surface area contributed by atoms with Gasteiger partial charge in [0.15, 0.2) is 0 Å². The maximum atomic E-state index is 5.66. The van der Waals surface area contributed by atoms with E-state index in [1.54, 1.807) is 12.4 Å². The van der Waals surface area contributed by atoms with Gasteiger partial charge in [-0.3, -0.25) is 9.97 Å². The first-order chi connectivity index (χ1) is 10.9. The van der Waals surface area contributed by atoms with Crippen molar-refractivity contribution in [1.29, 1.82) is 0 Å². The van der Waals surface area contributed by atoms with Crippen molar-refractivity contribution in [3.05, 3.63) is 60.6 Å². The van der Waals surface area contributed by atoms with E-state index in [2.05, 4.69) is 34.3 Å². The molecule has 0 unspecified atom stereocenters. The third-order valence-electron chi connectivity index (χ3n) is 3.45. The molecule has 0 saturated heterocycles. The summed E-state index contributed by atoms with van der Waals surface area (Å²) < 4.78 is 5.66. The highest BCUT2D eigenvalue weighted by atomic mass is 16.5. The number of pyridine rings is 2. The molecule has 4 nitrogen and oxygen atoms in total. The third-order valence-corrected chi connectivity index (χ3v) is 3.45. The number of hydrogen-bond acceptors (Lipinski definition) is 4. The summed E-state index contributed by atoms with van der Waals surface area (Å²) in [5.41, 5.74) is 3.23. The summed E-state index contributed by atoms with van der Waals surface area (Å²) in [6.07, 6.45) is 4.38. The van der Waals surface area contributed by atoms with Crippen LogP contribution in [0.2, 0.25) is 0 Å². The Morgan fingerprint density at radius 3 is 2.86 bits per heavy atom. The van der Waals surface area contributed by atoms with Gasteiger partial charge < -0.3 is 10.1 Å². The Bertz CT molecular complexity index is 744. The average Bonchev–Trinajstić information content (AvgIpc) is 2.59. The molecule has 0 aliphatic rings. The summed E-state index contributed by atoms with van der Waals surface area (Å²) in [6, 6.07) is 14.1. The number of ether oxygens (including phenoxy) is 1. The molecule has 0 amide bonds. The van der Waals surface area contributed by atoms with E-state index >= 15 is 0 Å². The van der Waals surface area contributed by atoms with Gasteiger partial charge in [-0.05, 0) is 30.7 Å². The summed E-state index contributed by atoms with van der Waals surface area (Å²) in [5, 5.41) is 4.59. The first-order valence-electron chi connectivity index (χ1n) is 7.52. The lowest BCUT2D eigenvalue weighted by molar-refractivity contribution is 0.331. The van der Waals surface area contributed by atoms with E-state index in [0.29, 0.717) is 6.61 Å². The number of nitrogens with one attached hydrogen (secondary N) is 1. The molecule has 3 rings (SSSR count). The fraction of sp³-hybridized carbons (Fsp3) is 0.222. The molecule has 1 N–H and O–H groups in total. The number of aryl methyl sites for hydroxylation is 1. The van der Waals surface area contributed by atoms with E-state index in [1.165, 1.54) is 0 Å². The Labute approximate surface area is 130 Å². The largest absolute Gasteiger partial charge is 0.490 e. The normalized spacial score (nSPS) is 10.6. The van der Waals surface area contributed by atoms with E-state index in [-0.39, 0.29) is 0 Å². The maximum Gasteiger partial charge on any atom is 0.137 e. The molecule has 112 valence electrons. The van der Waals surface area contributed by atoms with Gasteiger partial charge in [0.25, 0.3) is 0 Å². The molecule has 2 aromatic heterocycles. The highest BCUT2D eigenvalue weighted by Crippen LogP contribution is 2.23. The molecule has 0 bridgehead atoms. The van der Waals surface area contributed by atoms with Crippen molar-refractivity contribution in [1.82, 2.24) is 9.97 Å². The molecule has 4 heteroatoms. The monoisotopic (exact) mass is 293 g/mol. The molecule has 0 spiro atoms. The molecular formula is C18H19N3O. The van der Waals surface area contributed by atoms with Gasteiger partial charge in [0.05, 0.1) is 11.7 Å². The Kier molecular flexibility index (Phi) is 4.49. The minimum atomic E-state index is 0.587. The van der Waals surface area contributed by atoms with Crippen LogP contribution in [0, 0.1) is 0 Å². The minimum absolute atomic E-state index is 0.587. The Balaban J connectivity index is 1.68. The molecular weight excluding hydrogens is 274 g/mol. The number of aromatic nitrogens is 2. The van der Waals surface area contributed by atoms with Gasteiger partial charge >= 0.3 is 0 Å². The first-order valence-corrected chi connectivity index (χ1v) is 7.52. The van der Waals surface area contributed by atoms with Crippen LogP contribution < -0.4 is 10.1 Å². The van der Waals surface area contributed by atoms with Crippen LogP contribution in [0.25, 0.3) is 10.9 Å². The van der Waals surface area contributed by atoms with Crippen molar-refractivity contribution in [2.75, 3.05) is 18.5 Å². The summed E-state index contributed by atoms with van der Waals surface area (Å²) in [7, 11) is 0. The van der Waals surface area contributed by atoms with Crippen LogP contribution in [0.5, 0.6) is 5.75 Å². The zero-order valence-electron chi connectivity index (χ0n) is 12.6. The Morgan fingerprint density at radius 1 is 1.14 bits per heavy atom. The summed E-state index contributed by atoms with van der Waals surface area (Å²) in [5.74, 6) is 0.790. The van der Waals surface area contributed by atoms with Crippen molar-refractivity contribution in [3.63, 3.8) is 0 Å². The third kappa shape index (κ3) is 3.34. The number of nitrogens with zero attached hydrogens (tertiary/aromatic N) is 2. The molecule has 2 heterocycles. The highest BCUT2D eigenvalue weighted by Gasteiger charge is 2.04. The lowest BCUT2D eigenvalue weighted by atomic mass is 10.1. The van der Waals surface area contributed by atoms with Crippen molar-refractivity contribution in [2.24, 2.45) is 0 Å². The van der Waals surface area contributed by atoms with E-state index < -0.39 is 0 Å². The molecule has 0 atom stereocenters. The SMILES string of the molecule is CCc1cc(NCCOc2cccnc2)c2ccccc2n1. The second-order valence-electron chi connectivity index (χ2n) is 5.00. The summed E-state index contributed by atoms with van der Waals surface area (Å²) in [4.78, 5) is 8.68. The molecule has 1 aromatic carbocycles. The molecule has 3 aromatic rings. The number of anilines is 1. The number of fused-ring (bicyclic) bond motifs is 1. The lowest BCUT2D eigenvalue weighted by Crippen LogP contribution is -2.12. The number of rotatable bonds is 6. The van der Waals surface area contributed by atoms with Crippen LogP contribution in [0.3, 0.4) is 0 Å². The van der Waals surface area contributed by atoms with Crippen molar-refractivity contribution >= 4 is 16.6 Å².